The topological polar surface area (TPSA) is 104 Å². The number of hydrogen-bond donors (Lipinski definition) is 1. The minimum Gasteiger partial charge on any atom is -0.507 e. The molecule has 0 radical (unpaired) electrons. The third kappa shape index (κ3) is 5.01. The lowest BCUT2D eigenvalue weighted by molar-refractivity contribution is -0.135. The predicted molar refractivity (Wildman–Crippen MR) is 214 cm³/mol. The van der Waals surface area contributed by atoms with Gasteiger partial charge in [-0.2, -0.15) is 0 Å². The molecule has 8 nitrogen and oxygen atoms in total. The van der Waals surface area contributed by atoms with Crippen LogP contribution in [0.4, 0.5) is 11.4 Å². The van der Waals surface area contributed by atoms with Crippen molar-refractivity contribution in [1.29, 1.82) is 0 Å². The summed E-state index contributed by atoms with van der Waals surface area (Å²) in [5, 5.41) is 13.7. The van der Waals surface area contributed by atoms with Crippen molar-refractivity contribution in [1.82, 2.24) is 0 Å². The lowest BCUT2D eigenvalue weighted by atomic mass is 9.44. The number of phenolic OH excluding ortho intramolecular Hbond substituents is 1. The monoisotopic (exact) mass is 740 g/mol. The van der Waals surface area contributed by atoms with Gasteiger partial charge in [0, 0.05) is 47.1 Å². The van der Waals surface area contributed by atoms with E-state index in [0.717, 1.165) is 29.7 Å². The number of Topliss-reactive ketones (excluding diaryl/α,β-unsaturated/α-hetero) is 1. The summed E-state index contributed by atoms with van der Waals surface area (Å²) < 4.78 is 5.52. The Kier molecular flexibility index (Phi) is 8.15. The molecule has 10 rings (SSSR count). The van der Waals surface area contributed by atoms with Gasteiger partial charge in [-0.05, 0) is 65.6 Å². The van der Waals surface area contributed by atoms with E-state index in [1.54, 1.807) is 0 Å². The van der Waals surface area contributed by atoms with Crippen LogP contribution in [-0.2, 0) is 29.3 Å². The normalized spacial score (nSPS) is 27.4. The Morgan fingerprint density at radius 2 is 1.38 bits per heavy atom. The molecule has 56 heavy (non-hydrogen) atoms. The maximum Gasteiger partial charge on any atom is 0.238 e. The van der Waals surface area contributed by atoms with Crippen LogP contribution in [-0.4, -0.2) is 54.8 Å². The number of fused-ring (bicyclic) bond motifs is 5. The first-order valence-electron chi connectivity index (χ1n) is 19.5. The zero-order valence-corrected chi connectivity index (χ0v) is 30.7. The number of benzene rings is 5. The molecular weight excluding hydrogens is 701 g/mol. The van der Waals surface area contributed by atoms with Gasteiger partial charge in [-0.1, -0.05) is 109 Å². The molecule has 0 unspecified atom stereocenters. The third-order valence-electron chi connectivity index (χ3n) is 13.1. The van der Waals surface area contributed by atoms with Crippen molar-refractivity contribution in [2.45, 2.75) is 24.2 Å². The standard InChI is InChI=1S/C48H40N2O6/c51-41-28-38(29-9-3-1-4-10-29)45(53)40-27-39-35(43(48(40,41)31-12-5-2-6-13-31)37-20-15-30-11-7-8-14-34(30)44(37)52)21-22-36-42(39)47(55)50(46(36)54)33-18-16-32(17-19-33)49-23-25-56-26-24-49/h1-21,28,36,39-40,42-43,52H,22-27H2/t36-,39+,40-,42-,43+,48-/m0/s1. The fourth-order valence-corrected chi connectivity index (χ4v) is 10.6. The van der Waals surface area contributed by atoms with Crippen molar-refractivity contribution in [3.05, 3.63) is 156 Å². The van der Waals surface area contributed by atoms with Crippen LogP contribution < -0.4 is 9.80 Å². The number of anilines is 2. The fourth-order valence-electron chi connectivity index (χ4n) is 10.6. The Morgan fingerprint density at radius 3 is 2.12 bits per heavy atom. The van der Waals surface area contributed by atoms with E-state index in [2.05, 4.69) is 4.90 Å². The molecule has 0 spiro atoms. The van der Waals surface area contributed by atoms with E-state index in [1.807, 2.05) is 127 Å². The molecular formula is C48H40N2O6. The van der Waals surface area contributed by atoms with Crippen molar-refractivity contribution in [2.75, 3.05) is 36.1 Å². The number of imide groups is 1. The van der Waals surface area contributed by atoms with E-state index in [-0.39, 0.29) is 35.6 Å². The zero-order chi connectivity index (χ0) is 38.1. The van der Waals surface area contributed by atoms with Crippen molar-refractivity contribution >= 4 is 51.1 Å². The molecule has 3 fully saturated rings. The second-order valence-corrected chi connectivity index (χ2v) is 15.6. The molecule has 1 saturated carbocycles. The maximum absolute atomic E-state index is 15.4. The molecule has 2 heterocycles. The number of ketones is 2. The highest BCUT2D eigenvalue weighted by Gasteiger charge is 2.66. The molecule has 5 aromatic carbocycles. The number of allylic oxidation sites excluding steroid dienone is 4. The number of amides is 2. The number of morpholine rings is 1. The molecule has 278 valence electrons. The summed E-state index contributed by atoms with van der Waals surface area (Å²) in [6.07, 6.45) is 4.04. The first kappa shape index (κ1) is 34.4. The summed E-state index contributed by atoms with van der Waals surface area (Å²) in [5.41, 5.74) is 3.11. The van der Waals surface area contributed by atoms with Gasteiger partial charge in [0.25, 0.3) is 0 Å². The minimum absolute atomic E-state index is 0.0414. The van der Waals surface area contributed by atoms with E-state index >= 15 is 9.59 Å². The highest BCUT2D eigenvalue weighted by molar-refractivity contribution is 6.32. The van der Waals surface area contributed by atoms with Crippen LogP contribution in [0.5, 0.6) is 5.75 Å². The SMILES string of the molecule is O=C1C(c2ccccc2)=CC(=O)[C@@]2(c3ccccc3)[C@@H](c3ccc4ccccc4c3O)C3=CC[C@@H]4C(=O)N(c5ccc(N6CCOCC6)cc5)C(=O)[C@@H]4[C@@H]3C[C@@H]12. The van der Waals surface area contributed by atoms with Gasteiger partial charge < -0.3 is 14.7 Å². The number of ether oxygens (including phenoxy) is 1. The Labute approximate surface area is 324 Å². The first-order valence-corrected chi connectivity index (χ1v) is 19.5. The van der Waals surface area contributed by atoms with Gasteiger partial charge in [-0.3, -0.25) is 24.1 Å². The van der Waals surface area contributed by atoms with Gasteiger partial charge in [0.05, 0.1) is 36.2 Å². The van der Waals surface area contributed by atoms with Crippen LogP contribution in [0.25, 0.3) is 16.3 Å². The summed E-state index contributed by atoms with van der Waals surface area (Å²) in [4.78, 5) is 63.4. The van der Waals surface area contributed by atoms with Gasteiger partial charge >= 0.3 is 0 Å². The number of aromatic hydroxyl groups is 1. The molecule has 1 N–H and O–H groups in total. The van der Waals surface area contributed by atoms with Crippen LogP contribution in [0, 0.1) is 23.7 Å². The number of hydrogen-bond acceptors (Lipinski definition) is 7. The number of rotatable bonds is 5. The highest BCUT2D eigenvalue weighted by atomic mass is 16.5. The Bertz CT molecular complexity index is 2490. The summed E-state index contributed by atoms with van der Waals surface area (Å²) in [5.74, 6) is -4.49. The number of carbonyl (C=O) groups is 4. The largest absolute Gasteiger partial charge is 0.507 e. The molecule has 0 bridgehead atoms. The molecule has 6 atom stereocenters. The smallest absolute Gasteiger partial charge is 0.238 e. The molecule has 5 aromatic rings. The average molecular weight is 741 g/mol. The predicted octanol–water partition coefficient (Wildman–Crippen LogP) is 7.41. The van der Waals surface area contributed by atoms with Gasteiger partial charge in [-0.25, -0.2) is 0 Å². The second-order valence-electron chi connectivity index (χ2n) is 15.6. The lowest BCUT2D eigenvalue weighted by Gasteiger charge is -2.55. The van der Waals surface area contributed by atoms with Crippen molar-refractivity contribution in [2.24, 2.45) is 23.7 Å². The van der Waals surface area contributed by atoms with Gasteiger partial charge in [0.1, 0.15) is 5.75 Å². The molecule has 0 aromatic heterocycles. The number of nitrogens with zero attached hydrogens (tertiary/aromatic N) is 2. The van der Waals surface area contributed by atoms with Crippen molar-refractivity contribution < 1.29 is 29.0 Å². The van der Waals surface area contributed by atoms with E-state index in [1.165, 1.54) is 11.0 Å². The molecule has 2 aliphatic heterocycles. The summed E-state index contributed by atoms with van der Waals surface area (Å²) in [6, 6.07) is 37.7. The second kappa shape index (κ2) is 13.3. The first-order chi connectivity index (χ1) is 27.4. The molecule has 3 aliphatic carbocycles. The highest BCUT2D eigenvalue weighted by Crippen LogP contribution is 2.64. The van der Waals surface area contributed by atoms with E-state index in [4.69, 9.17) is 4.74 Å². The summed E-state index contributed by atoms with van der Waals surface area (Å²) in [7, 11) is 0. The van der Waals surface area contributed by atoms with E-state index < -0.39 is 35.0 Å². The van der Waals surface area contributed by atoms with Crippen LogP contribution >= 0.6 is 0 Å². The molecule has 5 aliphatic rings. The molecule has 2 saturated heterocycles. The number of phenols is 1. The van der Waals surface area contributed by atoms with Crippen molar-refractivity contribution in [3.8, 4) is 5.75 Å². The lowest BCUT2D eigenvalue weighted by Crippen LogP contribution is -2.58. The minimum atomic E-state index is -1.42. The third-order valence-corrected chi connectivity index (χ3v) is 13.1. The fraction of sp³-hybridized carbons (Fsp3) is 0.250. The summed E-state index contributed by atoms with van der Waals surface area (Å²) in [6.45, 7) is 2.82. The van der Waals surface area contributed by atoms with Crippen LogP contribution in [0.1, 0.15) is 35.4 Å². The maximum atomic E-state index is 15.4. The van der Waals surface area contributed by atoms with Crippen LogP contribution in [0.3, 0.4) is 0 Å². The van der Waals surface area contributed by atoms with Crippen LogP contribution in [0.2, 0.25) is 0 Å². The Hall–Kier alpha value is -6.12. The van der Waals surface area contributed by atoms with Crippen LogP contribution in [0.15, 0.2) is 139 Å². The van der Waals surface area contributed by atoms with Gasteiger partial charge in [0.2, 0.25) is 11.8 Å². The van der Waals surface area contributed by atoms with Crippen molar-refractivity contribution in [3.63, 3.8) is 0 Å². The van der Waals surface area contributed by atoms with Gasteiger partial charge in [-0.15, -0.1) is 0 Å². The Balaban J connectivity index is 1.14. The van der Waals surface area contributed by atoms with Gasteiger partial charge in [0.15, 0.2) is 11.6 Å². The molecule has 2 amide bonds. The van der Waals surface area contributed by atoms with E-state index in [9.17, 15) is 14.7 Å². The molecule has 8 heteroatoms. The van der Waals surface area contributed by atoms with E-state index in [0.29, 0.717) is 53.0 Å². The average Bonchev–Trinajstić information content (AvgIpc) is 3.51. The number of carbonyl (C=O) groups excluding carboxylic acids is 4. The Morgan fingerprint density at radius 1 is 0.696 bits per heavy atom. The quantitative estimate of drug-likeness (QED) is 0.148. The zero-order valence-electron chi connectivity index (χ0n) is 30.7. The summed E-state index contributed by atoms with van der Waals surface area (Å²) >= 11 is 0.